The molecule has 1 rings (SSSR count). The van der Waals surface area contributed by atoms with E-state index in [1.54, 1.807) is 0 Å². The molecule has 0 aromatic rings. The molecule has 124 valence electrons. The summed E-state index contributed by atoms with van der Waals surface area (Å²) in [5, 5.41) is 3.24. The van der Waals surface area contributed by atoms with Crippen LogP contribution >= 0.6 is 11.6 Å². The van der Waals surface area contributed by atoms with Crippen molar-refractivity contribution in [2.24, 2.45) is 5.92 Å². The number of alkyl halides is 1. The summed E-state index contributed by atoms with van der Waals surface area (Å²) in [4.78, 5) is 12.1. The lowest BCUT2D eigenvalue weighted by molar-refractivity contribution is -0.123. The summed E-state index contributed by atoms with van der Waals surface area (Å²) in [6.07, 6.45) is 13.9. The molecule has 3 heteroatoms. The molecule has 2 nitrogen and oxygen atoms in total. The monoisotopic (exact) mass is 315 g/mol. The Hall–Kier alpha value is -0.240. The second kappa shape index (κ2) is 10.5. The molecule has 0 atom stereocenters. The van der Waals surface area contributed by atoms with Crippen molar-refractivity contribution in [3.63, 3.8) is 0 Å². The quantitative estimate of drug-likeness (QED) is 0.422. The van der Waals surface area contributed by atoms with Gasteiger partial charge in [0.25, 0.3) is 0 Å². The summed E-state index contributed by atoms with van der Waals surface area (Å²) in [7, 11) is 0. The van der Waals surface area contributed by atoms with Crippen LogP contribution in [0.1, 0.15) is 90.9 Å². The average Bonchev–Trinajstić information content (AvgIpc) is 2.49. The molecule has 1 aliphatic rings. The van der Waals surface area contributed by atoms with Crippen molar-refractivity contribution in [2.75, 3.05) is 5.88 Å². The fourth-order valence-corrected chi connectivity index (χ4v) is 3.54. The molecular weight excluding hydrogens is 282 g/mol. The molecule has 21 heavy (non-hydrogen) atoms. The van der Waals surface area contributed by atoms with Gasteiger partial charge in [0.1, 0.15) is 0 Å². The van der Waals surface area contributed by atoms with Crippen molar-refractivity contribution in [1.82, 2.24) is 5.32 Å². The molecule has 1 saturated carbocycles. The molecule has 0 radical (unpaired) electrons. The van der Waals surface area contributed by atoms with Crippen molar-refractivity contribution >= 4 is 17.5 Å². The van der Waals surface area contributed by atoms with Gasteiger partial charge in [-0.3, -0.25) is 4.79 Å². The van der Waals surface area contributed by atoms with Crippen LogP contribution in [-0.4, -0.2) is 17.3 Å². The molecule has 0 heterocycles. The number of unbranched alkanes of at least 4 members (excludes halogenated alkanes) is 6. The summed E-state index contributed by atoms with van der Waals surface area (Å²) >= 11 is 6.15. The Balaban J connectivity index is 2.14. The smallest absolute Gasteiger partial charge is 0.220 e. The molecule has 0 aliphatic heterocycles. The van der Waals surface area contributed by atoms with Crippen LogP contribution < -0.4 is 5.32 Å². The molecule has 1 fully saturated rings. The maximum absolute atomic E-state index is 12.1. The van der Waals surface area contributed by atoms with Gasteiger partial charge in [0.15, 0.2) is 0 Å². The maximum Gasteiger partial charge on any atom is 0.220 e. The predicted octanol–water partition coefficient (Wildman–Crippen LogP) is 5.43. The van der Waals surface area contributed by atoms with E-state index >= 15 is 0 Å². The zero-order valence-electron chi connectivity index (χ0n) is 14.1. The van der Waals surface area contributed by atoms with E-state index in [4.69, 9.17) is 11.6 Å². The van der Waals surface area contributed by atoms with Crippen LogP contribution in [0.5, 0.6) is 0 Å². The van der Waals surface area contributed by atoms with Crippen molar-refractivity contribution in [2.45, 2.75) is 96.4 Å². The van der Waals surface area contributed by atoms with Crippen LogP contribution in [0.25, 0.3) is 0 Å². The minimum absolute atomic E-state index is 0.119. The van der Waals surface area contributed by atoms with Gasteiger partial charge in [0.05, 0.1) is 5.54 Å². The standard InChI is InChI=1S/C18H34ClNO/c1-3-4-5-6-7-8-9-10-17(21)20-18(15-19)13-11-16(2)12-14-18/h16H,3-15H2,1-2H3,(H,20,21). The first-order chi connectivity index (χ1) is 10.1. The van der Waals surface area contributed by atoms with Gasteiger partial charge in [-0.25, -0.2) is 0 Å². The maximum atomic E-state index is 12.1. The van der Waals surface area contributed by atoms with Gasteiger partial charge >= 0.3 is 0 Å². The first kappa shape index (κ1) is 18.8. The Bertz CT molecular complexity index is 285. The Morgan fingerprint density at radius 1 is 1.10 bits per heavy atom. The second-order valence-electron chi connectivity index (χ2n) is 7.02. The van der Waals surface area contributed by atoms with Crippen LogP contribution in [-0.2, 0) is 4.79 Å². The third-order valence-corrected chi connectivity index (χ3v) is 5.41. The fourth-order valence-electron chi connectivity index (χ4n) is 3.21. The third-order valence-electron chi connectivity index (χ3n) is 4.90. The topological polar surface area (TPSA) is 29.1 Å². The Morgan fingerprint density at radius 2 is 1.67 bits per heavy atom. The summed E-state index contributed by atoms with van der Waals surface area (Å²) in [5.41, 5.74) is -0.119. The van der Waals surface area contributed by atoms with Gasteiger partial charge in [-0.2, -0.15) is 0 Å². The number of amides is 1. The number of hydrogen-bond donors (Lipinski definition) is 1. The van der Waals surface area contributed by atoms with Gasteiger partial charge in [-0.15, -0.1) is 11.6 Å². The number of halogens is 1. The molecular formula is C18H34ClNO. The highest BCUT2D eigenvalue weighted by Gasteiger charge is 2.34. The lowest BCUT2D eigenvalue weighted by Gasteiger charge is -2.38. The molecule has 0 aromatic heterocycles. The van der Waals surface area contributed by atoms with E-state index in [1.807, 2.05) is 0 Å². The molecule has 0 spiro atoms. The molecule has 1 amide bonds. The highest BCUT2D eigenvalue weighted by Crippen LogP contribution is 2.32. The Morgan fingerprint density at radius 3 is 2.24 bits per heavy atom. The van der Waals surface area contributed by atoms with E-state index in [1.165, 1.54) is 51.4 Å². The lowest BCUT2D eigenvalue weighted by Crippen LogP contribution is -2.52. The number of carbonyl (C=O) groups excluding carboxylic acids is 1. The van der Waals surface area contributed by atoms with E-state index < -0.39 is 0 Å². The highest BCUT2D eigenvalue weighted by atomic mass is 35.5. The second-order valence-corrected chi connectivity index (χ2v) is 7.28. The first-order valence-corrected chi connectivity index (χ1v) is 9.52. The van der Waals surface area contributed by atoms with Gasteiger partial charge in [-0.05, 0) is 38.0 Å². The first-order valence-electron chi connectivity index (χ1n) is 8.99. The summed E-state index contributed by atoms with van der Waals surface area (Å²) < 4.78 is 0. The molecule has 0 unspecified atom stereocenters. The molecule has 0 bridgehead atoms. The van der Waals surface area contributed by atoms with Crippen molar-refractivity contribution in [3.05, 3.63) is 0 Å². The SMILES string of the molecule is CCCCCCCCCC(=O)NC1(CCl)CCC(C)CC1. The molecule has 1 aliphatic carbocycles. The number of carbonyl (C=O) groups is 1. The predicted molar refractivity (Wildman–Crippen MR) is 91.8 cm³/mol. The summed E-state index contributed by atoms with van der Waals surface area (Å²) in [6, 6.07) is 0. The van der Waals surface area contributed by atoms with E-state index in [9.17, 15) is 4.79 Å². The van der Waals surface area contributed by atoms with Gasteiger partial charge < -0.3 is 5.32 Å². The van der Waals surface area contributed by atoms with Crippen LogP contribution in [0.15, 0.2) is 0 Å². The van der Waals surface area contributed by atoms with E-state index in [2.05, 4.69) is 19.2 Å². The third kappa shape index (κ3) is 7.54. The van der Waals surface area contributed by atoms with Crippen molar-refractivity contribution < 1.29 is 4.79 Å². The Kier molecular flexibility index (Phi) is 9.39. The lowest BCUT2D eigenvalue weighted by atomic mass is 9.78. The van der Waals surface area contributed by atoms with E-state index in [0.29, 0.717) is 12.3 Å². The number of rotatable bonds is 10. The van der Waals surface area contributed by atoms with Crippen LogP contribution in [0.4, 0.5) is 0 Å². The largest absolute Gasteiger partial charge is 0.349 e. The fraction of sp³-hybridized carbons (Fsp3) is 0.944. The normalized spacial score (nSPS) is 25.8. The van der Waals surface area contributed by atoms with Gasteiger partial charge in [0, 0.05) is 12.3 Å². The average molecular weight is 316 g/mol. The highest BCUT2D eigenvalue weighted by molar-refractivity contribution is 6.18. The number of nitrogens with one attached hydrogen (secondary N) is 1. The summed E-state index contributed by atoms with van der Waals surface area (Å²) in [5.74, 6) is 1.54. The molecule has 0 saturated heterocycles. The van der Waals surface area contributed by atoms with Crippen molar-refractivity contribution in [1.29, 1.82) is 0 Å². The van der Waals surface area contributed by atoms with Crippen LogP contribution in [0, 0.1) is 5.92 Å². The number of hydrogen-bond acceptors (Lipinski definition) is 1. The van der Waals surface area contributed by atoms with E-state index in [-0.39, 0.29) is 11.4 Å². The van der Waals surface area contributed by atoms with E-state index in [0.717, 1.165) is 25.2 Å². The van der Waals surface area contributed by atoms with Crippen LogP contribution in [0.2, 0.25) is 0 Å². The van der Waals surface area contributed by atoms with Crippen LogP contribution in [0.3, 0.4) is 0 Å². The Labute approximate surface area is 136 Å². The minimum Gasteiger partial charge on any atom is -0.349 e. The summed E-state index contributed by atoms with van der Waals surface area (Å²) in [6.45, 7) is 4.53. The molecule has 1 N–H and O–H groups in total. The zero-order chi connectivity index (χ0) is 15.6. The molecule has 0 aromatic carbocycles. The van der Waals surface area contributed by atoms with Crippen molar-refractivity contribution in [3.8, 4) is 0 Å². The van der Waals surface area contributed by atoms with Gasteiger partial charge in [0.2, 0.25) is 5.91 Å². The van der Waals surface area contributed by atoms with Gasteiger partial charge in [-0.1, -0.05) is 52.4 Å². The minimum atomic E-state index is -0.119. The zero-order valence-corrected chi connectivity index (χ0v) is 14.8.